The first-order valence-corrected chi connectivity index (χ1v) is 12.7. The molecule has 0 atom stereocenters. The molecule has 0 bridgehead atoms. The molecule has 0 amide bonds. The first kappa shape index (κ1) is 34.6. The van der Waals surface area contributed by atoms with Crippen molar-refractivity contribution in [3.8, 4) is 5.75 Å². The number of hydrogen-bond donors (Lipinski definition) is 0. The SMILES string of the molecule is COC(=O)COCCOCCOCCOCCOCCOCCOCCOCCOc1ccc([N+](=O)[O-])cc1. The number of esters is 1. The first-order chi connectivity index (χ1) is 19.1. The standard InChI is InChI=1S/C25H41NO13/c1-30-25(27)22-38-19-18-36-15-14-34-11-10-32-7-6-31-8-9-33-12-13-35-16-17-37-20-21-39-24-4-2-23(3-5-24)26(28)29/h2-5H,6-22H2,1H3. The fourth-order valence-electron chi connectivity index (χ4n) is 2.64. The van der Waals surface area contributed by atoms with Gasteiger partial charge in [-0.1, -0.05) is 0 Å². The number of benzene rings is 1. The van der Waals surface area contributed by atoms with Crippen molar-refractivity contribution in [1.29, 1.82) is 0 Å². The predicted molar refractivity (Wildman–Crippen MR) is 137 cm³/mol. The minimum Gasteiger partial charge on any atom is -0.491 e. The molecule has 14 heteroatoms. The maximum absolute atomic E-state index is 10.8. The molecule has 0 aliphatic heterocycles. The Labute approximate surface area is 228 Å². The van der Waals surface area contributed by atoms with E-state index in [0.29, 0.717) is 111 Å². The molecule has 0 spiro atoms. The van der Waals surface area contributed by atoms with Gasteiger partial charge in [0.2, 0.25) is 0 Å². The summed E-state index contributed by atoms with van der Waals surface area (Å²) >= 11 is 0. The Morgan fingerprint density at radius 3 is 1.26 bits per heavy atom. The van der Waals surface area contributed by atoms with E-state index in [2.05, 4.69) is 4.74 Å². The fourth-order valence-corrected chi connectivity index (χ4v) is 2.64. The summed E-state index contributed by atoms with van der Waals surface area (Å²) in [6, 6.07) is 5.89. The number of nitro benzene ring substituents is 1. The van der Waals surface area contributed by atoms with E-state index in [1.807, 2.05) is 0 Å². The van der Waals surface area contributed by atoms with E-state index in [4.69, 9.17) is 42.6 Å². The molecule has 0 heterocycles. The van der Waals surface area contributed by atoms with Gasteiger partial charge in [-0.15, -0.1) is 0 Å². The van der Waals surface area contributed by atoms with Gasteiger partial charge in [0.1, 0.15) is 19.0 Å². The first-order valence-electron chi connectivity index (χ1n) is 12.7. The van der Waals surface area contributed by atoms with Crippen LogP contribution < -0.4 is 4.74 Å². The molecule has 0 saturated carbocycles. The van der Waals surface area contributed by atoms with Crippen LogP contribution in [0.15, 0.2) is 24.3 Å². The molecular weight excluding hydrogens is 522 g/mol. The van der Waals surface area contributed by atoms with Crippen LogP contribution in [0.3, 0.4) is 0 Å². The fraction of sp³-hybridized carbons (Fsp3) is 0.720. The highest BCUT2D eigenvalue weighted by atomic mass is 16.6. The third kappa shape index (κ3) is 22.1. The summed E-state index contributed by atoms with van der Waals surface area (Å²) in [7, 11) is 1.31. The van der Waals surface area contributed by atoms with Gasteiger partial charge >= 0.3 is 5.97 Å². The van der Waals surface area contributed by atoms with Gasteiger partial charge in [0, 0.05) is 12.1 Å². The van der Waals surface area contributed by atoms with Crippen LogP contribution in [0.1, 0.15) is 0 Å². The van der Waals surface area contributed by atoms with Crippen LogP contribution in [0.25, 0.3) is 0 Å². The van der Waals surface area contributed by atoms with E-state index >= 15 is 0 Å². The monoisotopic (exact) mass is 563 g/mol. The average molecular weight is 564 g/mol. The molecule has 39 heavy (non-hydrogen) atoms. The molecule has 0 radical (unpaired) electrons. The summed E-state index contributed by atoms with van der Waals surface area (Å²) in [5.41, 5.74) is 0.0225. The number of nitrogens with zero attached hydrogens (tertiary/aromatic N) is 1. The summed E-state index contributed by atoms with van der Waals surface area (Å²) in [5, 5.41) is 10.6. The van der Waals surface area contributed by atoms with Crippen molar-refractivity contribution in [3.63, 3.8) is 0 Å². The highest BCUT2D eigenvalue weighted by Gasteiger charge is 2.04. The van der Waals surface area contributed by atoms with Gasteiger partial charge in [-0.3, -0.25) is 10.1 Å². The second kappa shape index (κ2) is 25.8. The molecule has 0 N–H and O–H groups in total. The van der Waals surface area contributed by atoms with Crippen molar-refractivity contribution in [2.24, 2.45) is 0 Å². The van der Waals surface area contributed by atoms with Crippen molar-refractivity contribution in [1.82, 2.24) is 0 Å². The molecule has 224 valence electrons. The number of hydrogen-bond acceptors (Lipinski definition) is 13. The van der Waals surface area contributed by atoms with E-state index in [1.54, 1.807) is 12.1 Å². The molecule has 14 nitrogen and oxygen atoms in total. The van der Waals surface area contributed by atoms with Gasteiger partial charge in [0.25, 0.3) is 5.69 Å². The lowest BCUT2D eigenvalue weighted by molar-refractivity contribution is -0.384. The summed E-state index contributed by atoms with van der Waals surface area (Å²) in [4.78, 5) is 21.0. The zero-order valence-electron chi connectivity index (χ0n) is 22.6. The largest absolute Gasteiger partial charge is 0.491 e. The number of carbonyl (C=O) groups is 1. The van der Waals surface area contributed by atoms with Crippen LogP contribution >= 0.6 is 0 Å². The lowest BCUT2D eigenvalue weighted by Crippen LogP contribution is -2.16. The zero-order chi connectivity index (χ0) is 28.2. The third-order valence-electron chi connectivity index (χ3n) is 4.60. The Balaban J connectivity index is 1.69. The normalized spacial score (nSPS) is 11.0. The number of non-ortho nitro benzene ring substituents is 1. The maximum Gasteiger partial charge on any atom is 0.331 e. The smallest absolute Gasteiger partial charge is 0.331 e. The van der Waals surface area contributed by atoms with Gasteiger partial charge in [-0.05, 0) is 12.1 Å². The molecule has 1 aromatic rings. The van der Waals surface area contributed by atoms with Gasteiger partial charge in [0.05, 0.1) is 111 Å². The predicted octanol–water partition coefficient (Wildman–Crippen LogP) is 1.28. The zero-order valence-corrected chi connectivity index (χ0v) is 22.6. The molecule has 0 fully saturated rings. The average Bonchev–Trinajstić information content (AvgIpc) is 2.95. The number of ether oxygens (including phenoxy) is 10. The number of methoxy groups -OCH3 is 1. The molecule has 0 unspecified atom stereocenters. The number of carbonyl (C=O) groups excluding carboxylic acids is 1. The van der Waals surface area contributed by atoms with Gasteiger partial charge in [-0.25, -0.2) is 4.79 Å². The molecular formula is C25H41NO13. The lowest BCUT2D eigenvalue weighted by Gasteiger charge is -2.09. The van der Waals surface area contributed by atoms with Crippen LogP contribution in [-0.4, -0.2) is 130 Å². The highest BCUT2D eigenvalue weighted by molar-refractivity contribution is 5.70. The van der Waals surface area contributed by atoms with E-state index in [-0.39, 0.29) is 12.3 Å². The van der Waals surface area contributed by atoms with Crippen molar-refractivity contribution in [3.05, 3.63) is 34.4 Å². The van der Waals surface area contributed by atoms with Crippen LogP contribution in [0.5, 0.6) is 5.75 Å². The van der Waals surface area contributed by atoms with Crippen LogP contribution in [0, 0.1) is 10.1 Å². The molecule has 0 saturated heterocycles. The van der Waals surface area contributed by atoms with Crippen molar-refractivity contribution in [2.75, 3.05) is 119 Å². The Morgan fingerprint density at radius 1 is 0.590 bits per heavy atom. The van der Waals surface area contributed by atoms with E-state index in [1.165, 1.54) is 19.2 Å². The number of rotatable bonds is 28. The minimum atomic E-state index is -0.456. The lowest BCUT2D eigenvalue weighted by atomic mass is 10.3. The van der Waals surface area contributed by atoms with E-state index in [9.17, 15) is 14.9 Å². The Kier molecular flexibility index (Phi) is 22.9. The second-order valence-electron chi connectivity index (χ2n) is 7.51. The highest BCUT2D eigenvalue weighted by Crippen LogP contribution is 2.17. The van der Waals surface area contributed by atoms with Crippen molar-refractivity contribution in [2.45, 2.75) is 0 Å². The Morgan fingerprint density at radius 2 is 0.923 bits per heavy atom. The van der Waals surface area contributed by atoms with E-state index < -0.39 is 10.9 Å². The Hall–Kier alpha value is -2.43. The van der Waals surface area contributed by atoms with Gasteiger partial charge in [0.15, 0.2) is 0 Å². The topological polar surface area (TPSA) is 153 Å². The molecule has 0 aliphatic carbocycles. The summed E-state index contributed by atoms with van der Waals surface area (Å²) < 4.78 is 52.7. The summed E-state index contributed by atoms with van der Waals surface area (Å²) in [6.45, 7) is 6.85. The van der Waals surface area contributed by atoms with Crippen molar-refractivity contribution < 1.29 is 57.1 Å². The van der Waals surface area contributed by atoms with E-state index in [0.717, 1.165) is 0 Å². The Bertz CT molecular complexity index is 720. The molecule has 1 aromatic carbocycles. The summed E-state index contributed by atoms with van der Waals surface area (Å²) in [6.07, 6.45) is 0. The molecule has 1 rings (SSSR count). The quantitative estimate of drug-likeness (QED) is 0.0623. The molecule has 0 aromatic heterocycles. The van der Waals surface area contributed by atoms with Crippen LogP contribution in [-0.2, 0) is 47.4 Å². The minimum absolute atomic E-state index is 0.0225. The van der Waals surface area contributed by atoms with Gasteiger partial charge in [-0.2, -0.15) is 0 Å². The number of nitro groups is 1. The van der Waals surface area contributed by atoms with Crippen LogP contribution in [0.2, 0.25) is 0 Å². The summed E-state index contributed by atoms with van der Waals surface area (Å²) in [5.74, 6) is 0.138. The van der Waals surface area contributed by atoms with Gasteiger partial charge < -0.3 is 47.4 Å². The maximum atomic E-state index is 10.8. The van der Waals surface area contributed by atoms with Crippen molar-refractivity contribution >= 4 is 11.7 Å². The molecule has 0 aliphatic rings. The van der Waals surface area contributed by atoms with Crippen LogP contribution in [0.4, 0.5) is 5.69 Å². The third-order valence-corrected chi connectivity index (χ3v) is 4.60. The second-order valence-corrected chi connectivity index (χ2v) is 7.51.